The smallest absolute Gasteiger partial charge is 0.394 e. The summed E-state index contributed by atoms with van der Waals surface area (Å²) in [6.45, 7) is 3.10. The number of methoxy groups -OCH3 is 1. The lowest BCUT2D eigenvalue weighted by Gasteiger charge is -2.70. The van der Waals surface area contributed by atoms with Crippen molar-refractivity contribution < 1.29 is 22.7 Å². The molecule has 3 aromatic rings. The van der Waals surface area contributed by atoms with Gasteiger partial charge in [-0.3, -0.25) is 9.59 Å². The average molecular weight is 609 g/mol. The zero-order valence-electron chi connectivity index (χ0n) is 23.2. The fourth-order valence-corrected chi connectivity index (χ4v) is 7.31. The molecule has 4 saturated carbocycles. The highest BCUT2D eigenvalue weighted by Gasteiger charge is 2.78. The van der Waals surface area contributed by atoms with Gasteiger partial charge in [0.15, 0.2) is 11.2 Å². The standard InChI is InChI=1S/C27H31F3N8O3.ClH/c1-3-17-22(36-9-8-31-16-4-5-18(16)36)23(40)21-24(35-38(34-21)15-6-7-32-20(10-15)41-2)37(17)11-19(39)33-26-12-25(13-26,14-26)27(28,29)30;/h6-7,10,16,18,31H,3-5,8-9,11-14H2,1-2H3,(H,33,39);1H/t16-,18-,25?,26?;/m0./s1. The van der Waals surface area contributed by atoms with E-state index in [2.05, 4.69) is 30.7 Å². The lowest BCUT2D eigenvalue weighted by molar-refractivity contribution is -0.337. The zero-order chi connectivity index (χ0) is 28.7. The minimum Gasteiger partial charge on any atom is -0.481 e. The number of anilines is 1. The third kappa shape index (κ3) is 4.16. The number of carbonyl (C=O) groups excluding carboxylic acids is 1. The Morgan fingerprint density at radius 3 is 2.64 bits per heavy atom. The molecule has 4 aliphatic carbocycles. The van der Waals surface area contributed by atoms with Crippen LogP contribution in [0.1, 0.15) is 44.7 Å². The van der Waals surface area contributed by atoms with Crippen LogP contribution < -0.4 is 25.7 Å². The summed E-state index contributed by atoms with van der Waals surface area (Å²) in [4.78, 5) is 35.0. The maximum absolute atomic E-state index is 14.1. The lowest BCUT2D eigenvalue weighted by atomic mass is 9.39. The monoisotopic (exact) mass is 608 g/mol. The predicted molar refractivity (Wildman–Crippen MR) is 149 cm³/mol. The molecule has 1 saturated heterocycles. The van der Waals surface area contributed by atoms with E-state index in [1.807, 2.05) is 6.92 Å². The van der Waals surface area contributed by atoms with E-state index in [1.54, 1.807) is 22.9 Å². The molecule has 0 unspecified atom stereocenters. The van der Waals surface area contributed by atoms with Gasteiger partial charge in [-0.05, 0) is 44.6 Å². The van der Waals surface area contributed by atoms with E-state index in [0.29, 0.717) is 42.0 Å². The number of fused-ring (bicyclic) bond motifs is 2. The van der Waals surface area contributed by atoms with Gasteiger partial charge >= 0.3 is 6.18 Å². The van der Waals surface area contributed by atoms with Crippen molar-refractivity contribution in [2.45, 2.75) is 75.8 Å². The molecule has 2 N–H and O–H groups in total. The first-order valence-electron chi connectivity index (χ1n) is 14.0. The molecular formula is C27H32ClF3N8O3. The second-order valence-corrected chi connectivity index (χ2v) is 11.8. The van der Waals surface area contributed by atoms with E-state index in [-0.39, 0.29) is 60.8 Å². The Balaban J connectivity index is 0.00000316. The van der Waals surface area contributed by atoms with Crippen molar-refractivity contribution in [3.63, 3.8) is 0 Å². The average Bonchev–Trinajstić information content (AvgIpc) is 3.33. The molecule has 0 spiro atoms. The molecule has 42 heavy (non-hydrogen) atoms. The zero-order valence-corrected chi connectivity index (χ0v) is 24.0. The molecule has 11 nitrogen and oxygen atoms in total. The Bertz CT molecular complexity index is 1600. The van der Waals surface area contributed by atoms with Gasteiger partial charge in [0.25, 0.3) is 0 Å². The Morgan fingerprint density at radius 2 is 2.00 bits per heavy atom. The third-order valence-corrected chi connectivity index (χ3v) is 9.40. The molecule has 0 aromatic carbocycles. The molecule has 15 heteroatoms. The normalized spacial score (nSPS) is 27.7. The number of piperazine rings is 1. The second kappa shape index (κ2) is 9.83. The number of hydrogen-bond donors (Lipinski definition) is 2. The Labute approximate surface area is 245 Å². The summed E-state index contributed by atoms with van der Waals surface area (Å²) in [5.74, 6) is -0.0616. The number of carbonyl (C=O) groups is 1. The van der Waals surface area contributed by atoms with Crippen LogP contribution in [0.25, 0.3) is 16.9 Å². The van der Waals surface area contributed by atoms with Gasteiger partial charge in [0.2, 0.25) is 17.2 Å². The minimum absolute atomic E-state index is 0. The molecule has 4 heterocycles. The molecule has 1 aliphatic heterocycles. The van der Waals surface area contributed by atoms with Crippen LogP contribution >= 0.6 is 12.4 Å². The van der Waals surface area contributed by atoms with Gasteiger partial charge in [0, 0.05) is 48.7 Å². The predicted octanol–water partition coefficient (Wildman–Crippen LogP) is 2.51. The van der Waals surface area contributed by atoms with Crippen molar-refractivity contribution in [1.82, 2.24) is 35.2 Å². The Kier molecular flexibility index (Phi) is 6.72. The number of amides is 1. The first kappa shape index (κ1) is 28.7. The molecule has 2 bridgehead atoms. The number of ether oxygens (including phenoxy) is 1. The summed E-state index contributed by atoms with van der Waals surface area (Å²) < 4.78 is 47.1. The van der Waals surface area contributed by atoms with Gasteiger partial charge < -0.3 is 24.8 Å². The van der Waals surface area contributed by atoms with Crippen LogP contribution in [-0.2, 0) is 17.8 Å². The number of alkyl halides is 3. The fourth-order valence-electron chi connectivity index (χ4n) is 7.31. The lowest BCUT2D eigenvalue weighted by Crippen LogP contribution is -2.78. The fraction of sp³-hybridized carbons (Fsp3) is 0.593. The molecule has 5 fully saturated rings. The van der Waals surface area contributed by atoms with Crippen molar-refractivity contribution in [3.05, 3.63) is 34.2 Å². The highest BCUT2D eigenvalue weighted by Crippen LogP contribution is 2.73. The van der Waals surface area contributed by atoms with Crippen molar-refractivity contribution in [2.75, 3.05) is 25.1 Å². The van der Waals surface area contributed by atoms with Gasteiger partial charge in [-0.15, -0.1) is 27.4 Å². The molecule has 226 valence electrons. The number of rotatable bonds is 7. The number of nitrogens with zero attached hydrogens (tertiary/aromatic N) is 6. The van der Waals surface area contributed by atoms with E-state index < -0.39 is 23.0 Å². The first-order chi connectivity index (χ1) is 19.6. The first-order valence-corrected chi connectivity index (χ1v) is 14.0. The van der Waals surface area contributed by atoms with Crippen LogP contribution in [0.15, 0.2) is 23.1 Å². The summed E-state index contributed by atoms with van der Waals surface area (Å²) in [7, 11) is 1.49. The summed E-state index contributed by atoms with van der Waals surface area (Å²) in [5.41, 5.74) is -0.664. The number of nitrogens with one attached hydrogen (secondary N) is 2. The van der Waals surface area contributed by atoms with E-state index in [4.69, 9.17) is 4.74 Å². The van der Waals surface area contributed by atoms with Crippen molar-refractivity contribution >= 4 is 35.2 Å². The maximum Gasteiger partial charge on any atom is 0.394 e. The van der Waals surface area contributed by atoms with E-state index in [1.165, 1.54) is 11.9 Å². The van der Waals surface area contributed by atoms with Crippen LogP contribution in [0.4, 0.5) is 18.9 Å². The van der Waals surface area contributed by atoms with Gasteiger partial charge in [-0.1, -0.05) is 6.92 Å². The molecule has 1 amide bonds. The maximum atomic E-state index is 14.1. The quantitative estimate of drug-likeness (QED) is 0.420. The highest BCUT2D eigenvalue weighted by molar-refractivity contribution is 5.85. The van der Waals surface area contributed by atoms with Crippen LogP contribution in [-0.4, -0.2) is 74.5 Å². The summed E-state index contributed by atoms with van der Waals surface area (Å²) in [5, 5.41) is 15.6. The number of pyridine rings is 2. The molecular weight excluding hydrogens is 577 g/mol. The largest absolute Gasteiger partial charge is 0.481 e. The SMILES string of the molecule is CCc1c(N2CCN[C@H]3CC[C@@H]32)c(=O)c2nn(-c3ccnc(OC)c3)nc2n1CC(=O)NC12CC(C(F)(F)F)(C1)C2.Cl. The second-order valence-electron chi connectivity index (χ2n) is 11.8. The van der Waals surface area contributed by atoms with Gasteiger partial charge in [-0.25, -0.2) is 4.98 Å². The highest BCUT2D eigenvalue weighted by atomic mass is 35.5. The summed E-state index contributed by atoms with van der Waals surface area (Å²) in [6.07, 6.45) is -0.562. The van der Waals surface area contributed by atoms with Crippen molar-refractivity contribution in [3.8, 4) is 11.6 Å². The van der Waals surface area contributed by atoms with Gasteiger partial charge in [0.05, 0.1) is 18.2 Å². The van der Waals surface area contributed by atoms with E-state index in [9.17, 15) is 22.8 Å². The van der Waals surface area contributed by atoms with Gasteiger partial charge in [0.1, 0.15) is 12.2 Å². The number of aromatic nitrogens is 5. The third-order valence-electron chi connectivity index (χ3n) is 9.40. The van der Waals surface area contributed by atoms with Crippen LogP contribution in [0.5, 0.6) is 5.88 Å². The van der Waals surface area contributed by atoms with Crippen molar-refractivity contribution in [2.24, 2.45) is 5.41 Å². The molecule has 2 atom stereocenters. The van der Waals surface area contributed by atoms with Crippen LogP contribution in [0.2, 0.25) is 0 Å². The Hall–Kier alpha value is -3.39. The molecule has 0 radical (unpaired) electrons. The number of halogens is 4. The summed E-state index contributed by atoms with van der Waals surface area (Å²) in [6, 6.07) is 3.78. The van der Waals surface area contributed by atoms with E-state index in [0.717, 1.165) is 19.4 Å². The van der Waals surface area contributed by atoms with E-state index >= 15 is 0 Å². The molecule has 3 aromatic heterocycles. The number of hydrogen-bond acceptors (Lipinski definition) is 8. The van der Waals surface area contributed by atoms with Crippen LogP contribution in [0, 0.1) is 5.41 Å². The Morgan fingerprint density at radius 1 is 1.24 bits per heavy atom. The minimum atomic E-state index is -4.26. The van der Waals surface area contributed by atoms with Crippen LogP contribution in [0.3, 0.4) is 0 Å². The van der Waals surface area contributed by atoms with Gasteiger partial charge in [-0.2, -0.15) is 13.2 Å². The molecule has 8 rings (SSSR count). The topological polar surface area (TPSA) is 119 Å². The van der Waals surface area contributed by atoms with Crippen molar-refractivity contribution in [1.29, 1.82) is 0 Å². The molecule has 5 aliphatic rings. The summed E-state index contributed by atoms with van der Waals surface area (Å²) >= 11 is 0.